The van der Waals surface area contributed by atoms with Crippen LogP contribution in [-0.4, -0.2) is 29.6 Å². The van der Waals surface area contributed by atoms with Gasteiger partial charge in [-0.25, -0.2) is 0 Å². The van der Waals surface area contributed by atoms with Crippen LogP contribution in [0.5, 0.6) is 0 Å². The van der Waals surface area contributed by atoms with Crippen molar-refractivity contribution in [2.45, 2.75) is 58.7 Å². The van der Waals surface area contributed by atoms with Gasteiger partial charge in [-0.05, 0) is 41.3 Å². The third-order valence-corrected chi connectivity index (χ3v) is 6.67. The van der Waals surface area contributed by atoms with Gasteiger partial charge in [0.1, 0.15) is 0 Å². The van der Waals surface area contributed by atoms with Gasteiger partial charge in [-0.2, -0.15) is 0 Å². The maximum Gasteiger partial charge on any atom is 0.0334 e. The Morgan fingerprint density at radius 2 is 2.30 bits per heavy atom. The Morgan fingerprint density at radius 3 is 2.85 bits per heavy atom. The summed E-state index contributed by atoms with van der Waals surface area (Å²) in [6, 6.07) is 2.89. The van der Waals surface area contributed by atoms with Crippen LogP contribution in [0.25, 0.3) is 0 Å². The fourth-order valence-electron chi connectivity index (χ4n) is 2.88. The largest absolute Gasteiger partial charge is 0.311 e. The lowest BCUT2D eigenvalue weighted by Crippen LogP contribution is -2.63. The first kappa shape index (κ1) is 16.5. The maximum atomic E-state index is 3.78. The van der Waals surface area contributed by atoms with Gasteiger partial charge in [0.05, 0.1) is 0 Å². The van der Waals surface area contributed by atoms with E-state index in [4.69, 9.17) is 0 Å². The standard InChI is InChI=1S/C16H27BrN2S/c1-5-12(3)15-9-19(16(4,6-2)11-18-15)8-14-7-13(17)10-20-14/h7,10,12,15,18H,5-6,8-9,11H2,1-4H3. The van der Waals surface area contributed by atoms with Gasteiger partial charge in [-0.3, -0.25) is 4.90 Å². The van der Waals surface area contributed by atoms with Crippen molar-refractivity contribution in [3.63, 3.8) is 0 Å². The van der Waals surface area contributed by atoms with Gasteiger partial charge < -0.3 is 5.32 Å². The second-order valence-corrected chi connectivity index (χ2v) is 8.25. The molecule has 114 valence electrons. The van der Waals surface area contributed by atoms with Crippen molar-refractivity contribution in [1.29, 1.82) is 0 Å². The molecule has 1 aliphatic rings. The zero-order chi connectivity index (χ0) is 14.8. The molecule has 4 heteroatoms. The van der Waals surface area contributed by atoms with Crippen LogP contribution in [-0.2, 0) is 6.54 Å². The molecule has 0 aromatic carbocycles. The predicted octanol–water partition coefficient (Wildman–Crippen LogP) is 4.50. The highest BCUT2D eigenvalue weighted by atomic mass is 79.9. The number of nitrogens with zero attached hydrogens (tertiary/aromatic N) is 1. The molecule has 1 aromatic rings. The second kappa shape index (κ2) is 6.91. The molecule has 20 heavy (non-hydrogen) atoms. The molecule has 1 aliphatic heterocycles. The van der Waals surface area contributed by atoms with E-state index in [1.54, 1.807) is 0 Å². The van der Waals surface area contributed by atoms with Crippen LogP contribution in [0.2, 0.25) is 0 Å². The van der Waals surface area contributed by atoms with E-state index >= 15 is 0 Å². The Labute approximate surface area is 136 Å². The van der Waals surface area contributed by atoms with Crippen molar-refractivity contribution in [3.8, 4) is 0 Å². The summed E-state index contributed by atoms with van der Waals surface area (Å²) in [6.45, 7) is 12.7. The van der Waals surface area contributed by atoms with Gasteiger partial charge in [-0.15, -0.1) is 11.3 Å². The van der Waals surface area contributed by atoms with Gasteiger partial charge in [0.2, 0.25) is 0 Å². The highest BCUT2D eigenvalue weighted by Crippen LogP contribution is 2.30. The van der Waals surface area contributed by atoms with Crippen molar-refractivity contribution in [2.75, 3.05) is 13.1 Å². The summed E-state index contributed by atoms with van der Waals surface area (Å²) in [4.78, 5) is 4.15. The normalized spacial score (nSPS) is 29.6. The number of halogens is 1. The molecule has 0 aliphatic carbocycles. The smallest absolute Gasteiger partial charge is 0.0334 e. The van der Waals surface area contributed by atoms with Crippen LogP contribution in [0, 0.1) is 5.92 Å². The van der Waals surface area contributed by atoms with E-state index < -0.39 is 0 Å². The van der Waals surface area contributed by atoms with Crippen molar-refractivity contribution in [3.05, 3.63) is 20.8 Å². The number of hydrogen-bond donors (Lipinski definition) is 1. The highest BCUT2D eigenvalue weighted by molar-refractivity contribution is 9.10. The average Bonchev–Trinajstić information content (AvgIpc) is 2.86. The van der Waals surface area contributed by atoms with Crippen LogP contribution in [0.4, 0.5) is 0 Å². The third kappa shape index (κ3) is 3.65. The van der Waals surface area contributed by atoms with Crippen molar-refractivity contribution < 1.29 is 0 Å². The van der Waals surface area contributed by atoms with Crippen LogP contribution < -0.4 is 5.32 Å². The monoisotopic (exact) mass is 358 g/mol. The minimum Gasteiger partial charge on any atom is -0.311 e. The van der Waals surface area contributed by atoms with E-state index in [0.717, 1.165) is 25.6 Å². The molecule has 0 amide bonds. The van der Waals surface area contributed by atoms with Gasteiger partial charge in [0.15, 0.2) is 0 Å². The van der Waals surface area contributed by atoms with Crippen LogP contribution in [0.3, 0.4) is 0 Å². The summed E-state index contributed by atoms with van der Waals surface area (Å²) < 4.78 is 1.21. The molecule has 0 bridgehead atoms. The predicted molar refractivity (Wildman–Crippen MR) is 92.4 cm³/mol. The van der Waals surface area contributed by atoms with Gasteiger partial charge in [0.25, 0.3) is 0 Å². The molecule has 1 saturated heterocycles. The van der Waals surface area contributed by atoms with Gasteiger partial charge in [-0.1, -0.05) is 27.2 Å². The molecular formula is C16H27BrN2S. The summed E-state index contributed by atoms with van der Waals surface area (Å²) in [5, 5.41) is 5.97. The summed E-state index contributed by atoms with van der Waals surface area (Å²) in [5.74, 6) is 0.744. The Kier molecular flexibility index (Phi) is 5.69. The molecule has 3 unspecified atom stereocenters. The lowest BCUT2D eigenvalue weighted by Gasteiger charge is -2.49. The number of piperazine rings is 1. The zero-order valence-electron chi connectivity index (χ0n) is 13.1. The number of nitrogens with one attached hydrogen (secondary N) is 1. The molecular weight excluding hydrogens is 332 g/mol. The Hall–Kier alpha value is 0.1000. The topological polar surface area (TPSA) is 15.3 Å². The fourth-order valence-corrected chi connectivity index (χ4v) is 4.35. The van der Waals surface area contributed by atoms with Crippen LogP contribution in [0.15, 0.2) is 15.9 Å². The van der Waals surface area contributed by atoms with E-state index in [-0.39, 0.29) is 5.54 Å². The van der Waals surface area contributed by atoms with Crippen molar-refractivity contribution in [1.82, 2.24) is 10.2 Å². The molecule has 2 rings (SSSR count). The summed E-state index contributed by atoms with van der Waals surface area (Å²) in [7, 11) is 0. The van der Waals surface area contributed by atoms with Gasteiger partial charge in [0, 0.05) is 45.9 Å². The molecule has 0 saturated carbocycles. The molecule has 2 heterocycles. The molecule has 2 nitrogen and oxygen atoms in total. The van der Waals surface area contributed by atoms with E-state index in [0.29, 0.717) is 6.04 Å². The molecule has 0 radical (unpaired) electrons. The van der Waals surface area contributed by atoms with Crippen molar-refractivity contribution in [2.24, 2.45) is 5.92 Å². The number of hydrogen-bond acceptors (Lipinski definition) is 3. The minimum atomic E-state index is 0.278. The maximum absolute atomic E-state index is 3.78. The molecule has 1 fully saturated rings. The Bertz CT molecular complexity index is 434. The lowest BCUT2D eigenvalue weighted by atomic mass is 9.88. The highest BCUT2D eigenvalue weighted by Gasteiger charge is 2.37. The average molecular weight is 359 g/mol. The quantitative estimate of drug-likeness (QED) is 0.833. The Morgan fingerprint density at radius 1 is 1.55 bits per heavy atom. The summed E-state index contributed by atoms with van der Waals surface area (Å²) >= 11 is 5.43. The molecule has 1 aromatic heterocycles. The molecule has 3 atom stereocenters. The summed E-state index contributed by atoms with van der Waals surface area (Å²) in [5.41, 5.74) is 0.278. The zero-order valence-corrected chi connectivity index (χ0v) is 15.5. The van der Waals surface area contributed by atoms with Crippen LogP contribution >= 0.6 is 27.3 Å². The summed E-state index contributed by atoms with van der Waals surface area (Å²) in [6.07, 6.45) is 2.44. The SMILES string of the molecule is CCC(C)C1CN(Cc2cc(Br)cs2)C(C)(CC)CN1. The fraction of sp³-hybridized carbons (Fsp3) is 0.750. The van der Waals surface area contributed by atoms with E-state index in [2.05, 4.69) is 65.3 Å². The third-order valence-electron chi connectivity index (χ3n) is 4.99. The number of thiophene rings is 1. The first-order valence-electron chi connectivity index (χ1n) is 7.70. The van der Waals surface area contributed by atoms with E-state index in [1.165, 1.54) is 22.2 Å². The van der Waals surface area contributed by atoms with E-state index in [9.17, 15) is 0 Å². The molecule has 0 spiro atoms. The first-order chi connectivity index (χ1) is 9.48. The minimum absolute atomic E-state index is 0.278. The van der Waals surface area contributed by atoms with E-state index in [1.807, 2.05) is 11.3 Å². The van der Waals surface area contributed by atoms with Gasteiger partial charge >= 0.3 is 0 Å². The van der Waals surface area contributed by atoms with Crippen LogP contribution in [0.1, 0.15) is 45.4 Å². The Balaban J connectivity index is 2.11. The van der Waals surface area contributed by atoms with Crippen molar-refractivity contribution >= 4 is 27.3 Å². The second-order valence-electron chi connectivity index (χ2n) is 6.34. The molecule has 1 N–H and O–H groups in total. The lowest BCUT2D eigenvalue weighted by molar-refractivity contribution is 0.0302. The first-order valence-corrected chi connectivity index (χ1v) is 9.37. The number of rotatable bonds is 5.